The van der Waals surface area contributed by atoms with Gasteiger partial charge in [0.25, 0.3) is 0 Å². The minimum Gasteiger partial charge on any atom is -0.331 e. The zero-order valence-electron chi connectivity index (χ0n) is 9.52. The van der Waals surface area contributed by atoms with Crippen molar-refractivity contribution >= 4 is 33.8 Å². The van der Waals surface area contributed by atoms with Gasteiger partial charge in [0.2, 0.25) is 0 Å². The molecule has 0 saturated heterocycles. The highest BCUT2D eigenvalue weighted by Gasteiger charge is 2.30. The van der Waals surface area contributed by atoms with E-state index in [1.54, 1.807) is 6.08 Å². The molecule has 1 aromatic carbocycles. The molecule has 7 heteroatoms. The number of nitrogens with zero attached hydrogens (tertiary/aromatic N) is 1. The predicted octanol–water partition coefficient (Wildman–Crippen LogP) is 2.15. The zero-order valence-corrected chi connectivity index (χ0v) is 11.2. The maximum Gasteiger partial charge on any atom is 0.178 e. The normalized spacial score (nSPS) is 21.7. The van der Waals surface area contributed by atoms with Crippen molar-refractivity contribution in [2.45, 2.75) is 0 Å². The number of hydrogen-bond acceptors (Lipinski definition) is 2. The average molecular weight is 298 g/mol. The Kier molecular flexibility index (Phi) is 2.94. The third-order valence-corrected chi connectivity index (χ3v) is 4.44. The smallest absolute Gasteiger partial charge is 0.178 e. The fraction of sp³-hybridized carbons (Fsp3) is 0.0833. The van der Waals surface area contributed by atoms with Gasteiger partial charge in [-0.3, -0.25) is 0 Å². The van der Waals surface area contributed by atoms with Crippen molar-refractivity contribution in [1.82, 2.24) is 5.32 Å². The third-order valence-electron chi connectivity index (χ3n) is 2.90. The van der Waals surface area contributed by atoms with Crippen LogP contribution in [-0.4, -0.2) is 15.9 Å². The summed E-state index contributed by atoms with van der Waals surface area (Å²) < 4.78 is 39.3. The fourth-order valence-electron chi connectivity index (χ4n) is 2.00. The Bertz CT molecular complexity index is 649. The van der Waals surface area contributed by atoms with Crippen LogP contribution >= 0.6 is 12.2 Å². The second-order valence-corrected chi connectivity index (χ2v) is 5.77. The van der Waals surface area contributed by atoms with E-state index in [1.165, 1.54) is 16.4 Å². The van der Waals surface area contributed by atoms with Crippen LogP contribution in [0.3, 0.4) is 0 Å². The first-order valence-corrected chi connectivity index (χ1v) is 7.04. The standard InChI is InChI=1S/C12H8F2N2OS2/c13-7-2-1-3-8(14)11(7)16-6-10-9(15-12(16)18)4-5-19(10)17/h1-5H,6H2,(H,15,18). The molecule has 1 unspecified atom stereocenters. The van der Waals surface area contributed by atoms with E-state index in [9.17, 15) is 13.0 Å². The van der Waals surface area contributed by atoms with Gasteiger partial charge in [0.05, 0.1) is 27.9 Å². The summed E-state index contributed by atoms with van der Waals surface area (Å²) in [7, 11) is -1.27. The molecule has 0 bridgehead atoms. The molecule has 0 fully saturated rings. The molecule has 0 aliphatic carbocycles. The van der Waals surface area contributed by atoms with Crippen molar-refractivity contribution in [3.63, 3.8) is 0 Å². The van der Waals surface area contributed by atoms with Crippen LogP contribution in [0, 0.1) is 11.6 Å². The fourth-order valence-corrected chi connectivity index (χ4v) is 3.28. The largest absolute Gasteiger partial charge is 0.331 e. The number of para-hydroxylation sites is 1. The van der Waals surface area contributed by atoms with E-state index in [4.69, 9.17) is 12.2 Å². The minimum atomic E-state index is -1.27. The molecule has 0 saturated carbocycles. The van der Waals surface area contributed by atoms with E-state index in [0.29, 0.717) is 10.6 Å². The molecule has 0 amide bonds. The molecular formula is C12H8F2N2OS2. The molecule has 1 atom stereocenters. The molecule has 98 valence electrons. The molecule has 1 N–H and O–H groups in total. The van der Waals surface area contributed by atoms with Crippen LogP contribution in [0.4, 0.5) is 14.5 Å². The second kappa shape index (κ2) is 4.50. The summed E-state index contributed by atoms with van der Waals surface area (Å²) in [5.41, 5.74) is 0.423. The van der Waals surface area contributed by atoms with Gasteiger partial charge in [-0.1, -0.05) is 6.07 Å². The highest BCUT2D eigenvalue weighted by Crippen LogP contribution is 2.30. The molecular weight excluding hydrogens is 290 g/mol. The summed E-state index contributed by atoms with van der Waals surface area (Å²) >= 11 is 5.11. The molecule has 2 heterocycles. The maximum atomic E-state index is 13.8. The van der Waals surface area contributed by atoms with Crippen LogP contribution in [0.25, 0.3) is 0 Å². The number of anilines is 1. The van der Waals surface area contributed by atoms with E-state index in [-0.39, 0.29) is 17.3 Å². The SMILES string of the molecule is O=S1C=CC2=C1CN(c1c(F)cccc1F)C(=S)N2. The lowest BCUT2D eigenvalue weighted by molar-refractivity contribution is 0.582. The molecule has 3 rings (SSSR count). The summed E-state index contributed by atoms with van der Waals surface area (Å²) in [6.45, 7) is 0.110. The van der Waals surface area contributed by atoms with Crippen LogP contribution in [-0.2, 0) is 10.8 Å². The topological polar surface area (TPSA) is 32.3 Å². The van der Waals surface area contributed by atoms with Gasteiger partial charge in [0.1, 0.15) is 17.3 Å². The predicted molar refractivity (Wildman–Crippen MR) is 73.7 cm³/mol. The number of hydrogen-bond donors (Lipinski definition) is 1. The van der Waals surface area contributed by atoms with E-state index in [1.807, 2.05) is 0 Å². The molecule has 2 aliphatic rings. The Morgan fingerprint density at radius 3 is 2.68 bits per heavy atom. The highest BCUT2D eigenvalue weighted by atomic mass is 32.2. The van der Waals surface area contributed by atoms with Crippen LogP contribution < -0.4 is 10.2 Å². The molecule has 2 aliphatic heterocycles. The van der Waals surface area contributed by atoms with Crippen molar-refractivity contribution in [1.29, 1.82) is 0 Å². The van der Waals surface area contributed by atoms with Crippen LogP contribution in [0.1, 0.15) is 0 Å². The Labute approximate surface area is 116 Å². The van der Waals surface area contributed by atoms with E-state index >= 15 is 0 Å². The van der Waals surface area contributed by atoms with Gasteiger partial charge in [-0.2, -0.15) is 0 Å². The Morgan fingerprint density at radius 1 is 1.32 bits per heavy atom. The molecule has 0 spiro atoms. The van der Waals surface area contributed by atoms with Crippen LogP contribution in [0.5, 0.6) is 0 Å². The quantitative estimate of drug-likeness (QED) is 0.805. The van der Waals surface area contributed by atoms with Gasteiger partial charge >= 0.3 is 0 Å². The molecule has 1 aromatic rings. The van der Waals surface area contributed by atoms with Crippen molar-refractivity contribution in [2.24, 2.45) is 0 Å². The Balaban J connectivity index is 2.04. The summed E-state index contributed by atoms with van der Waals surface area (Å²) in [6.07, 6.45) is 1.66. The first-order chi connectivity index (χ1) is 9.08. The molecule has 0 aromatic heterocycles. The summed E-state index contributed by atoms with van der Waals surface area (Å²) in [5, 5.41) is 4.54. The Morgan fingerprint density at radius 2 is 2.00 bits per heavy atom. The summed E-state index contributed by atoms with van der Waals surface area (Å²) in [4.78, 5) is 1.85. The van der Waals surface area contributed by atoms with Crippen LogP contribution in [0.15, 0.2) is 40.3 Å². The van der Waals surface area contributed by atoms with E-state index in [0.717, 1.165) is 12.1 Å². The lowest BCUT2D eigenvalue weighted by Crippen LogP contribution is -2.45. The van der Waals surface area contributed by atoms with Crippen molar-refractivity contribution in [3.05, 3.63) is 51.9 Å². The number of benzene rings is 1. The molecule has 19 heavy (non-hydrogen) atoms. The van der Waals surface area contributed by atoms with Crippen molar-refractivity contribution < 1.29 is 13.0 Å². The van der Waals surface area contributed by atoms with E-state index in [2.05, 4.69) is 5.32 Å². The van der Waals surface area contributed by atoms with Gasteiger partial charge in [-0.25, -0.2) is 13.0 Å². The number of halogens is 2. The van der Waals surface area contributed by atoms with Crippen LogP contribution in [0.2, 0.25) is 0 Å². The summed E-state index contributed by atoms with van der Waals surface area (Å²) in [6, 6.07) is 3.61. The van der Waals surface area contributed by atoms with Gasteiger partial charge < -0.3 is 10.2 Å². The van der Waals surface area contributed by atoms with Crippen molar-refractivity contribution in [2.75, 3.05) is 11.4 Å². The monoisotopic (exact) mass is 298 g/mol. The maximum absolute atomic E-state index is 13.8. The van der Waals surface area contributed by atoms with Gasteiger partial charge in [0.15, 0.2) is 5.11 Å². The van der Waals surface area contributed by atoms with E-state index < -0.39 is 22.4 Å². The third kappa shape index (κ3) is 1.98. The number of allylic oxidation sites excluding steroid dienone is 1. The first kappa shape index (κ1) is 12.4. The summed E-state index contributed by atoms with van der Waals surface area (Å²) in [5.74, 6) is -1.41. The van der Waals surface area contributed by atoms with Crippen molar-refractivity contribution in [3.8, 4) is 0 Å². The average Bonchev–Trinajstić information content (AvgIpc) is 2.70. The minimum absolute atomic E-state index is 0.110. The lowest BCUT2D eigenvalue weighted by atomic mass is 10.2. The molecule has 3 nitrogen and oxygen atoms in total. The highest BCUT2D eigenvalue weighted by molar-refractivity contribution is 7.92. The molecule has 0 radical (unpaired) electrons. The van der Waals surface area contributed by atoms with Gasteiger partial charge in [0, 0.05) is 5.41 Å². The Hall–Kier alpha value is -1.60. The number of rotatable bonds is 1. The number of nitrogens with one attached hydrogen (secondary N) is 1. The van der Waals surface area contributed by atoms with Gasteiger partial charge in [-0.15, -0.1) is 0 Å². The first-order valence-electron chi connectivity index (χ1n) is 5.42. The zero-order chi connectivity index (χ0) is 13.6. The number of thiocarbonyl (C=S) groups is 1. The van der Waals surface area contributed by atoms with Gasteiger partial charge in [-0.05, 0) is 30.4 Å². The second-order valence-electron chi connectivity index (χ2n) is 4.02. The lowest BCUT2D eigenvalue weighted by Gasteiger charge is -2.31.